The van der Waals surface area contributed by atoms with Crippen molar-refractivity contribution in [1.82, 2.24) is 10.2 Å². The largest absolute Gasteiger partial charge is 0.355 e. The topological polar surface area (TPSA) is 75.4 Å². The van der Waals surface area contributed by atoms with Crippen LogP contribution in [0.1, 0.15) is 24.1 Å². The van der Waals surface area contributed by atoms with Gasteiger partial charge < -0.3 is 16.0 Å². The molecule has 142 valence electrons. The van der Waals surface area contributed by atoms with Crippen LogP contribution in [0.5, 0.6) is 0 Å². The van der Waals surface area contributed by atoms with Crippen LogP contribution < -0.4 is 11.1 Å². The molecule has 1 atom stereocenters. The molecule has 0 saturated carbocycles. The summed E-state index contributed by atoms with van der Waals surface area (Å²) in [7, 11) is 0. The van der Waals surface area contributed by atoms with Gasteiger partial charge in [0, 0.05) is 30.4 Å². The van der Waals surface area contributed by atoms with Crippen LogP contribution in [-0.4, -0.2) is 54.4 Å². The minimum atomic E-state index is -0.409. The Balaban J connectivity index is 0.00000312. The Morgan fingerprint density at radius 2 is 2.16 bits per heavy atom. The molecule has 5 nitrogen and oxygen atoms in total. The maximum Gasteiger partial charge on any atom is 0.239 e. The molecule has 2 rings (SSSR count). The zero-order valence-corrected chi connectivity index (χ0v) is 17.1. The second kappa shape index (κ2) is 11.8. The van der Waals surface area contributed by atoms with Crippen molar-refractivity contribution >= 4 is 47.3 Å². The number of rotatable bonds is 8. The predicted octanol–water partition coefficient (Wildman–Crippen LogP) is 2.15. The van der Waals surface area contributed by atoms with E-state index in [-0.39, 0.29) is 30.1 Å². The molecule has 3 N–H and O–H groups in total. The van der Waals surface area contributed by atoms with E-state index in [0.717, 1.165) is 25.0 Å². The van der Waals surface area contributed by atoms with Crippen molar-refractivity contribution in [2.75, 3.05) is 31.6 Å². The Morgan fingerprint density at radius 3 is 2.76 bits per heavy atom. The second-order valence-electron chi connectivity index (χ2n) is 6.11. The Labute approximate surface area is 164 Å². The summed E-state index contributed by atoms with van der Waals surface area (Å²) in [4.78, 5) is 27.6. The van der Waals surface area contributed by atoms with Crippen LogP contribution in [0.2, 0.25) is 0 Å². The van der Waals surface area contributed by atoms with Gasteiger partial charge in [0.1, 0.15) is 0 Å². The Kier molecular flexibility index (Phi) is 10.5. The van der Waals surface area contributed by atoms with Gasteiger partial charge in [0.05, 0.1) is 6.04 Å². The number of carbonyl (C=O) groups excluding carboxylic acids is 2. The Hall–Kier alpha value is -0.760. The summed E-state index contributed by atoms with van der Waals surface area (Å²) in [6.45, 7) is 1.95. The van der Waals surface area contributed by atoms with Crippen LogP contribution in [0.15, 0.2) is 17.5 Å². The van der Waals surface area contributed by atoms with E-state index in [4.69, 9.17) is 5.73 Å². The standard InChI is InChI=1S/C17H27N3O2S2.ClH/c1-23-12-7-15(18)17(22)20-9-5-13(6-10-20)16(21)19-8-4-14-3-2-11-24-14;/h2-3,11,13,15H,4-10,12,18H2,1H3,(H,19,21);1H/t15-;/m0./s1. The first-order valence-electron chi connectivity index (χ1n) is 8.45. The van der Waals surface area contributed by atoms with E-state index in [1.54, 1.807) is 23.1 Å². The van der Waals surface area contributed by atoms with E-state index < -0.39 is 6.04 Å². The molecule has 0 unspecified atom stereocenters. The fourth-order valence-corrected chi connectivity index (χ4v) is 4.07. The average molecular weight is 406 g/mol. The zero-order chi connectivity index (χ0) is 17.4. The Morgan fingerprint density at radius 1 is 1.44 bits per heavy atom. The molecule has 2 heterocycles. The van der Waals surface area contributed by atoms with E-state index >= 15 is 0 Å². The van der Waals surface area contributed by atoms with Crippen LogP contribution in [0.3, 0.4) is 0 Å². The van der Waals surface area contributed by atoms with Crippen molar-refractivity contribution in [3.05, 3.63) is 22.4 Å². The van der Waals surface area contributed by atoms with Crippen LogP contribution in [0, 0.1) is 5.92 Å². The zero-order valence-electron chi connectivity index (χ0n) is 14.6. The molecule has 0 bridgehead atoms. The van der Waals surface area contributed by atoms with Gasteiger partial charge in [-0.1, -0.05) is 6.07 Å². The lowest BCUT2D eigenvalue weighted by Crippen LogP contribution is -2.49. The summed E-state index contributed by atoms with van der Waals surface area (Å²) in [5.74, 6) is 1.06. The van der Waals surface area contributed by atoms with Gasteiger partial charge in [-0.3, -0.25) is 9.59 Å². The lowest BCUT2D eigenvalue weighted by atomic mass is 9.95. The van der Waals surface area contributed by atoms with E-state index in [0.29, 0.717) is 26.1 Å². The minimum Gasteiger partial charge on any atom is -0.355 e. The van der Waals surface area contributed by atoms with Crippen LogP contribution in [0.25, 0.3) is 0 Å². The highest BCUT2D eigenvalue weighted by Gasteiger charge is 2.29. The lowest BCUT2D eigenvalue weighted by Gasteiger charge is -2.33. The molecule has 0 aromatic carbocycles. The number of piperidine rings is 1. The number of halogens is 1. The molecule has 1 saturated heterocycles. The molecule has 25 heavy (non-hydrogen) atoms. The second-order valence-corrected chi connectivity index (χ2v) is 8.13. The monoisotopic (exact) mass is 405 g/mol. The quantitative estimate of drug-likeness (QED) is 0.694. The van der Waals surface area contributed by atoms with Gasteiger partial charge in [0.15, 0.2) is 0 Å². The highest BCUT2D eigenvalue weighted by Crippen LogP contribution is 2.18. The lowest BCUT2D eigenvalue weighted by molar-refractivity contribution is -0.136. The van der Waals surface area contributed by atoms with Crippen molar-refractivity contribution in [2.45, 2.75) is 31.7 Å². The van der Waals surface area contributed by atoms with Gasteiger partial charge in [0.25, 0.3) is 0 Å². The van der Waals surface area contributed by atoms with Gasteiger partial charge >= 0.3 is 0 Å². The number of thioether (sulfide) groups is 1. The maximum absolute atomic E-state index is 12.3. The summed E-state index contributed by atoms with van der Waals surface area (Å²) in [5, 5.41) is 5.07. The summed E-state index contributed by atoms with van der Waals surface area (Å²) in [5.41, 5.74) is 5.96. The van der Waals surface area contributed by atoms with E-state index in [9.17, 15) is 9.59 Å². The van der Waals surface area contributed by atoms with E-state index in [2.05, 4.69) is 11.4 Å². The van der Waals surface area contributed by atoms with E-state index in [1.165, 1.54) is 4.88 Å². The number of thiophene rings is 1. The number of hydrogen-bond donors (Lipinski definition) is 2. The molecule has 1 fully saturated rings. The number of hydrogen-bond acceptors (Lipinski definition) is 5. The third kappa shape index (κ3) is 7.17. The van der Waals surface area contributed by atoms with Crippen molar-refractivity contribution in [1.29, 1.82) is 0 Å². The van der Waals surface area contributed by atoms with Crippen molar-refractivity contribution < 1.29 is 9.59 Å². The fraction of sp³-hybridized carbons (Fsp3) is 0.647. The third-order valence-corrected chi connectivity index (χ3v) is 5.96. The van der Waals surface area contributed by atoms with Crippen LogP contribution in [-0.2, 0) is 16.0 Å². The summed E-state index contributed by atoms with van der Waals surface area (Å²) < 4.78 is 0. The molecule has 2 amide bonds. The smallest absolute Gasteiger partial charge is 0.239 e. The summed E-state index contributed by atoms with van der Waals surface area (Å²) >= 11 is 3.41. The Bertz CT molecular complexity index is 520. The number of likely N-dealkylation sites (tertiary alicyclic amines) is 1. The van der Waals surface area contributed by atoms with Gasteiger partial charge in [-0.05, 0) is 49.1 Å². The first kappa shape index (κ1) is 22.3. The molecule has 0 aliphatic carbocycles. The molecular weight excluding hydrogens is 378 g/mol. The summed E-state index contributed by atoms with van der Waals surface area (Å²) in [6, 6.07) is 3.70. The average Bonchev–Trinajstić information content (AvgIpc) is 3.12. The molecule has 1 aliphatic rings. The number of nitrogens with zero attached hydrogens (tertiary/aromatic N) is 1. The normalized spacial score (nSPS) is 16.2. The number of nitrogens with two attached hydrogens (primary N) is 1. The SMILES string of the molecule is CSCC[C@H](N)C(=O)N1CCC(C(=O)NCCc2cccs2)CC1.Cl. The maximum atomic E-state index is 12.3. The molecule has 8 heteroatoms. The van der Waals surface area contributed by atoms with Crippen LogP contribution in [0.4, 0.5) is 0 Å². The summed E-state index contributed by atoms with van der Waals surface area (Å²) in [6.07, 6.45) is 5.06. The number of nitrogens with one attached hydrogen (secondary N) is 1. The molecule has 0 spiro atoms. The van der Waals surface area contributed by atoms with Crippen molar-refractivity contribution in [3.8, 4) is 0 Å². The first-order valence-corrected chi connectivity index (χ1v) is 10.7. The number of amides is 2. The highest BCUT2D eigenvalue weighted by atomic mass is 35.5. The first-order chi connectivity index (χ1) is 11.6. The van der Waals surface area contributed by atoms with Gasteiger partial charge in [-0.15, -0.1) is 23.7 Å². The molecule has 1 aromatic heterocycles. The molecule has 1 aromatic rings. The van der Waals surface area contributed by atoms with Gasteiger partial charge in [0.2, 0.25) is 11.8 Å². The predicted molar refractivity (Wildman–Crippen MR) is 109 cm³/mol. The van der Waals surface area contributed by atoms with Gasteiger partial charge in [-0.25, -0.2) is 0 Å². The minimum absolute atomic E-state index is 0. The van der Waals surface area contributed by atoms with E-state index in [1.807, 2.05) is 22.6 Å². The third-order valence-electron chi connectivity index (χ3n) is 4.38. The van der Waals surface area contributed by atoms with Crippen molar-refractivity contribution in [2.24, 2.45) is 11.7 Å². The van der Waals surface area contributed by atoms with Crippen molar-refractivity contribution in [3.63, 3.8) is 0 Å². The molecule has 1 aliphatic heterocycles. The molecular formula is C17H28ClN3O2S2. The highest BCUT2D eigenvalue weighted by molar-refractivity contribution is 7.98. The number of carbonyl (C=O) groups is 2. The fourth-order valence-electron chi connectivity index (χ4n) is 2.87. The molecule has 0 radical (unpaired) electrons. The van der Waals surface area contributed by atoms with Gasteiger partial charge in [-0.2, -0.15) is 11.8 Å². The van der Waals surface area contributed by atoms with Crippen LogP contribution >= 0.6 is 35.5 Å².